The Labute approximate surface area is 122 Å². The lowest BCUT2D eigenvalue weighted by Crippen LogP contribution is -2.45. The summed E-state index contributed by atoms with van der Waals surface area (Å²) in [4.78, 5) is 0. The zero-order chi connectivity index (χ0) is 13.1. The summed E-state index contributed by atoms with van der Waals surface area (Å²) >= 11 is 2.11. The van der Waals surface area contributed by atoms with Gasteiger partial charge in [0.25, 0.3) is 0 Å². The van der Waals surface area contributed by atoms with Crippen LogP contribution in [0, 0.1) is 11.8 Å². The van der Waals surface area contributed by atoms with E-state index < -0.39 is 0 Å². The second-order valence-corrected chi connectivity index (χ2v) is 8.03. The molecule has 3 rings (SSSR count). The summed E-state index contributed by atoms with van der Waals surface area (Å²) in [5, 5.41) is 3.51. The molecule has 0 aromatic carbocycles. The molecule has 0 amide bonds. The second kappa shape index (κ2) is 6.36. The van der Waals surface area contributed by atoms with Gasteiger partial charge in [-0.3, -0.25) is 0 Å². The van der Waals surface area contributed by atoms with Crippen LogP contribution in [0.3, 0.4) is 0 Å². The molecule has 0 bridgehead atoms. The van der Waals surface area contributed by atoms with Crippen molar-refractivity contribution in [3.05, 3.63) is 0 Å². The highest BCUT2D eigenvalue weighted by Crippen LogP contribution is 2.44. The van der Waals surface area contributed by atoms with Crippen LogP contribution < -0.4 is 5.32 Å². The van der Waals surface area contributed by atoms with Gasteiger partial charge in [-0.25, -0.2) is 0 Å². The standard InChI is InChI=1S/C16H29NOS/c1-17-15-4-2-3-13(11-15)14-5-8-18-16(12-14)6-9-19-10-7-16/h13-15,17H,2-12H2,1H3. The number of hydrogen-bond donors (Lipinski definition) is 1. The summed E-state index contributed by atoms with van der Waals surface area (Å²) in [5.74, 6) is 4.53. The molecular weight excluding hydrogens is 254 g/mol. The van der Waals surface area contributed by atoms with Gasteiger partial charge in [0.15, 0.2) is 0 Å². The molecule has 1 saturated carbocycles. The number of ether oxygens (including phenoxy) is 1. The summed E-state index contributed by atoms with van der Waals surface area (Å²) in [5.41, 5.74) is 0.279. The van der Waals surface area contributed by atoms with Crippen LogP contribution in [0.5, 0.6) is 0 Å². The minimum Gasteiger partial charge on any atom is -0.375 e. The highest BCUT2D eigenvalue weighted by Gasteiger charge is 2.41. The predicted octanol–water partition coefficient (Wildman–Crippen LogP) is 3.46. The third-order valence-electron chi connectivity index (χ3n) is 5.72. The van der Waals surface area contributed by atoms with Crippen molar-refractivity contribution in [3.8, 4) is 0 Å². The fraction of sp³-hybridized carbons (Fsp3) is 1.00. The Morgan fingerprint density at radius 2 is 1.95 bits per heavy atom. The van der Waals surface area contributed by atoms with Gasteiger partial charge in [0.2, 0.25) is 0 Å². The Morgan fingerprint density at radius 1 is 1.11 bits per heavy atom. The highest BCUT2D eigenvalue weighted by atomic mass is 32.2. The summed E-state index contributed by atoms with van der Waals surface area (Å²) in [6.07, 6.45) is 11.0. The molecule has 2 aliphatic heterocycles. The van der Waals surface area contributed by atoms with Crippen molar-refractivity contribution in [1.29, 1.82) is 0 Å². The molecule has 3 unspecified atom stereocenters. The molecule has 2 heterocycles. The SMILES string of the molecule is CNC1CCCC(C2CCOC3(CCSCC3)C2)C1. The van der Waals surface area contributed by atoms with E-state index in [1.54, 1.807) is 0 Å². The van der Waals surface area contributed by atoms with Crippen molar-refractivity contribution >= 4 is 11.8 Å². The average Bonchev–Trinajstić information content (AvgIpc) is 2.48. The Kier molecular flexibility index (Phi) is 4.76. The van der Waals surface area contributed by atoms with Crippen LogP contribution in [0.4, 0.5) is 0 Å². The van der Waals surface area contributed by atoms with Crippen molar-refractivity contribution in [2.75, 3.05) is 25.2 Å². The smallest absolute Gasteiger partial charge is 0.0701 e. The molecule has 1 aliphatic carbocycles. The van der Waals surface area contributed by atoms with Crippen molar-refractivity contribution in [3.63, 3.8) is 0 Å². The minimum atomic E-state index is 0.279. The van der Waals surface area contributed by atoms with Gasteiger partial charge in [0.1, 0.15) is 0 Å². The molecule has 1 spiro atoms. The molecule has 3 heteroatoms. The van der Waals surface area contributed by atoms with Crippen LogP contribution in [-0.4, -0.2) is 36.8 Å². The van der Waals surface area contributed by atoms with Crippen molar-refractivity contribution in [2.45, 2.75) is 63.0 Å². The number of nitrogens with one attached hydrogen (secondary N) is 1. The van der Waals surface area contributed by atoms with Crippen LogP contribution in [-0.2, 0) is 4.74 Å². The molecule has 110 valence electrons. The second-order valence-electron chi connectivity index (χ2n) is 6.81. The lowest BCUT2D eigenvalue weighted by atomic mass is 9.70. The van der Waals surface area contributed by atoms with Crippen LogP contribution in [0.2, 0.25) is 0 Å². The molecule has 3 fully saturated rings. The van der Waals surface area contributed by atoms with E-state index in [9.17, 15) is 0 Å². The first-order valence-electron chi connectivity index (χ1n) is 8.20. The molecule has 3 atom stereocenters. The zero-order valence-corrected chi connectivity index (χ0v) is 13.1. The van der Waals surface area contributed by atoms with Gasteiger partial charge in [-0.15, -0.1) is 0 Å². The molecule has 1 N–H and O–H groups in total. The number of rotatable bonds is 2. The van der Waals surface area contributed by atoms with Gasteiger partial charge in [0.05, 0.1) is 5.60 Å². The van der Waals surface area contributed by atoms with Crippen molar-refractivity contribution in [2.24, 2.45) is 11.8 Å². The molecule has 3 aliphatic rings. The summed E-state index contributed by atoms with van der Waals surface area (Å²) in [6, 6.07) is 0.777. The van der Waals surface area contributed by atoms with E-state index in [0.717, 1.165) is 24.5 Å². The fourth-order valence-electron chi connectivity index (χ4n) is 4.48. The quantitative estimate of drug-likeness (QED) is 0.838. The molecule has 2 nitrogen and oxygen atoms in total. The fourth-order valence-corrected chi connectivity index (χ4v) is 5.71. The Balaban J connectivity index is 1.61. The van der Waals surface area contributed by atoms with Crippen LogP contribution in [0.25, 0.3) is 0 Å². The lowest BCUT2D eigenvalue weighted by Gasteiger charge is -2.46. The molecular formula is C16H29NOS. The van der Waals surface area contributed by atoms with Gasteiger partial charge in [-0.2, -0.15) is 11.8 Å². The van der Waals surface area contributed by atoms with E-state index in [1.807, 2.05) is 0 Å². The summed E-state index contributed by atoms with van der Waals surface area (Å²) in [7, 11) is 2.14. The van der Waals surface area contributed by atoms with E-state index in [2.05, 4.69) is 24.1 Å². The number of thioether (sulfide) groups is 1. The lowest BCUT2D eigenvalue weighted by molar-refractivity contribution is -0.113. The molecule has 0 aromatic heterocycles. The van der Waals surface area contributed by atoms with E-state index in [-0.39, 0.29) is 5.60 Å². The van der Waals surface area contributed by atoms with Gasteiger partial charge < -0.3 is 10.1 Å². The topological polar surface area (TPSA) is 21.3 Å². The third-order valence-corrected chi connectivity index (χ3v) is 6.71. The maximum Gasteiger partial charge on any atom is 0.0701 e. The Hall–Kier alpha value is 0.270. The van der Waals surface area contributed by atoms with E-state index in [1.165, 1.54) is 62.9 Å². The van der Waals surface area contributed by atoms with Crippen molar-refractivity contribution in [1.82, 2.24) is 5.32 Å². The van der Waals surface area contributed by atoms with Crippen LogP contribution in [0.1, 0.15) is 51.4 Å². The summed E-state index contributed by atoms with van der Waals surface area (Å²) < 4.78 is 6.25. The van der Waals surface area contributed by atoms with Gasteiger partial charge in [-0.05, 0) is 68.9 Å². The highest BCUT2D eigenvalue weighted by molar-refractivity contribution is 7.99. The molecule has 2 saturated heterocycles. The molecule has 19 heavy (non-hydrogen) atoms. The van der Waals surface area contributed by atoms with E-state index in [4.69, 9.17) is 4.74 Å². The Bertz CT molecular complexity index is 285. The third kappa shape index (κ3) is 3.30. The number of hydrogen-bond acceptors (Lipinski definition) is 3. The summed E-state index contributed by atoms with van der Waals surface area (Å²) in [6.45, 7) is 1.02. The first-order valence-corrected chi connectivity index (χ1v) is 9.36. The van der Waals surface area contributed by atoms with Crippen LogP contribution >= 0.6 is 11.8 Å². The monoisotopic (exact) mass is 283 g/mol. The zero-order valence-electron chi connectivity index (χ0n) is 12.3. The first-order chi connectivity index (χ1) is 9.31. The average molecular weight is 283 g/mol. The Morgan fingerprint density at radius 3 is 2.74 bits per heavy atom. The largest absolute Gasteiger partial charge is 0.375 e. The van der Waals surface area contributed by atoms with Gasteiger partial charge in [0, 0.05) is 12.6 Å². The minimum absolute atomic E-state index is 0.279. The molecule has 0 radical (unpaired) electrons. The molecule has 0 aromatic rings. The normalized spacial score (nSPS) is 39.3. The first kappa shape index (κ1) is 14.2. The maximum atomic E-state index is 6.25. The van der Waals surface area contributed by atoms with Crippen LogP contribution in [0.15, 0.2) is 0 Å². The predicted molar refractivity (Wildman–Crippen MR) is 82.8 cm³/mol. The maximum absolute atomic E-state index is 6.25. The van der Waals surface area contributed by atoms with E-state index in [0.29, 0.717) is 0 Å². The van der Waals surface area contributed by atoms with Crippen molar-refractivity contribution < 1.29 is 4.74 Å². The van der Waals surface area contributed by atoms with Gasteiger partial charge >= 0.3 is 0 Å². The van der Waals surface area contributed by atoms with E-state index >= 15 is 0 Å². The van der Waals surface area contributed by atoms with Gasteiger partial charge in [-0.1, -0.05) is 12.8 Å².